The SMILES string of the molecule is Cc1c(C(C)NC(=O)CCC(=O)c2ccc3ccc4cccc5ccc2c3c45)cnn1C. The number of hydrogen-bond donors (Lipinski definition) is 1. The molecule has 0 radical (unpaired) electrons. The number of rotatable bonds is 6. The molecular formula is C27H25N3O2. The van der Waals surface area contributed by atoms with Crippen molar-refractivity contribution in [2.45, 2.75) is 32.7 Å². The van der Waals surface area contributed by atoms with Gasteiger partial charge in [0, 0.05) is 36.7 Å². The Morgan fingerprint density at radius 3 is 2.28 bits per heavy atom. The van der Waals surface area contributed by atoms with E-state index in [0.29, 0.717) is 5.56 Å². The maximum absolute atomic E-state index is 13.1. The standard InChI is InChI=1S/C27H25N3O2/c1-16(23-15-28-30(3)17(23)2)29-25(32)14-13-24(31)21-11-9-20-8-7-18-5-4-6-19-10-12-22(21)27(20)26(18)19/h4-12,15-16H,13-14H2,1-3H3,(H,29,32). The van der Waals surface area contributed by atoms with Gasteiger partial charge < -0.3 is 5.32 Å². The zero-order chi connectivity index (χ0) is 22.4. The van der Waals surface area contributed by atoms with Gasteiger partial charge >= 0.3 is 0 Å². The lowest BCUT2D eigenvalue weighted by atomic mass is 9.90. The molecule has 5 aromatic rings. The molecule has 0 saturated carbocycles. The molecule has 5 rings (SSSR count). The molecule has 4 aromatic carbocycles. The van der Waals surface area contributed by atoms with Crippen molar-refractivity contribution in [1.82, 2.24) is 15.1 Å². The van der Waals surface area contributed by atoms with E-state index in [0.717, 1.165) is 27.4 Å². The van der Waals surface area contributed by atoms with E-state index >= 15 is 0 Å². The molecule has 0 bridgehead atoms. The minimum Gasteiger partial charge on any atom is -0.349 e. The van der Waals surface area contributed by atoms with Crippen molar-refractivity contribution in [2.75, 3.05) is 0 Å². The van der Waals surface area contributed by atoms with E-state index in [2.05, 4.69) is 46.8 Å². The number of aryl methyl sites for hydroxylation is 1. The lowest BCUT2D eigenvalue weighted by Gasteiger charge is -2.15. The third-order valence-electron chi connectivity index (χ3n) is 6.53. The van der Waals surface area contributed by atoms with Crippen LogP contribution in [-0.2, 0) is 11.8 Å². The van der Waals surface area contributed by atoms with E-state index in [9.17, 15) is 9.59 Å². The summed E-state index contributed by atoms with van der Waals surface area (Å²) in [6.45, 7) is 3.91. The molecule has 0 spiro atoms. The summed E-state index contributed by atoms with van der Waals surface area (Å²) in [6, 6.07) is 18.3. The summed E-state index contributed by atoms with van der Waals surface area (Å²) < 4.78 is 1.79. The Bertz CT molecular complexity index is 1470. The molecular weight excluding hydrogens is 398 g/mol. The van der Waals surface area contributed by atoms with Gasteiger partial charge in [0.1, 0.15) is 0 Å². The first-order valence-electron chi connectivity index (χ1n) is 10.9. The summed E-state index contributed by atoms with van der Waals surface area (Å²) in [5.41, 5.74) is 2.68. The van der Waals surface area contributed by atoms with Crippen molar-refractivity contribution in [1.29, 1.82) is 0 Å². The summed E-state index contributed by atoms with van der Waals surface area (Å²) in [5, 5.41) is 14.0. The molecule has 1 amide bonds. The number of ketones is 1. The van der Waals surface area contributed by atoms with Gasteiger partial charge in [0.25, 0.3) is 0 Å². The molecule has 0 aliphatic heterocycles. The van der Waals surface area contributed by atoms with Gasteiger partial charge in [-0.1, -0.05) is 54.6 Å². The molecule has 0 saturated heterocycles. The number of benzene rings is 4. The highest BCUT2D eigenvalue weighted by molar-refractivity contribution is 6.26. The molecule has 1 aromatic heterocycles. The van der Waals surface area contributed by atoms with E-state index in [4.69, 9.17) is 0 Å². The van der Waals surface area contributed by atoms with Crippen LogP contribution in [0.25, 0.3) is 32.3 Å². The summed E-state index contributed by atoms with van der Waals surface area (Å²) >= 11 is 0. The van der Waals surface area contributed by atoms with E-state index < -0.39 is 0 Å². The highest BCUT2D eigenvalue weighted by Crippen LogP contribution is 2.36. The number of aromatic nitrogens is 2. The second-order valence-corrected chi connectivity index (χ2v) is 8.49. The van der Waals surface area contributed by atoms with Gasteiger partial charge in [-0.25, -0.2) is 0 Å². The normalized spacial score (nSPS) is 12.6. The van der Waals surface area contributed by atoms with Crippen LogP contribution in [0.4, 0.5) is 0 Å². The second kappa shape index (κ2) is 7.75. The number of Topliss-reactive ketones (excluding diaryl/α,β-unsaturated/α-hetero) is 1. The van der Waals surface area contributed by atoms with Crippen LogP contribution < -0.4 is 5.32 Å². The molecule has 1 atom stereocenters. The number of nitrogens with one attached hydrogen (secondary N) is 1. The maximum Gasteiger partial charge on any atom is 0.220 e. The second-order valence-electron chi connectivity index (χ2n) is 8.49. The molecule has 5 nitrogen and oxygen atoms in total. The van der Waals surface area contributed by atoms with E-state index in [1.54, 1.807) is 10.9 Å². The van der Waals surface area contributed by atoms with Crippen molar-refractivity contribution in [2.24, 2.45) is 7.05 Å². The minimum absolute atomic E-state index is 0.0108. The Hall–Kier alpha value is -3.73. The topological polar surface area (TPSA) is 64.0 Å². The van der Waals surface area contributed by atoms with Crippen LogP contribution in [0.3, 0.4) is 0 Å². The van der Waals surface area contributed by atoms with E-state index in [-0.39, 0.29) is 30.6 Å². The smallest absolute Gasteiger partial charge is 0.220 e. The van der Waals surface area contributed by atoms with E-state index in [1.165, 1.54) is 16.2 Å². The summed E-state index contributed by atoms with van der Waals surface area (Å²) in [6.07, 6.45) is 2.11. The average Bonchev–Trinajstić information content (AvgIpc) is 3.14. The highest BCUT2D eigenvalue weighted by Gasteiger charge is 2.18. The summed E-state index contributed by atoms with van der Waals surface area (Å²) in [4.78, 5) is 25.6. The summed E-state index contributed by atoms with van der Waals surface area (Å²) in [7, 11) is 1.88. The van der Waals surface area contributed by atoms with Crippen LogP contribution in [0.5, 0.6) is 0 Å². The highest BCUT2D eigenvalue weighted by atomic mass is 16.2. The lowest BCUT2D eigenvalue weighted by Crippen LogP contribution is -2.27. The Balaban J connectivity index is 1.37. The fourth-order valence-corrected chi connectivity index (χ4v) is 4.67. The number of nitrogens with zero attached hydrogens (tertiary/aromatic N) is 2. The van der Waals surface area contributed by atoms with Crippen LogP contribution >= 0.6 is 0 Å². The number of amides is 1. The fourth-order valence-electron chi connectivity index (χ4n) is 4.67. The lowest BCUT2D eigenvalue weighted by molar-refractivity contribution is -0.121. The predicted molar refractivity (Wildman–Crippen MR) is 128 cm³/mol. The quantitative estimate of drug-likeness (QED) is 0.291. The molecule has 0 fully saturated rings. The van der Waals surface area contributed by atoms with Gasteiger partial charge in [-0.3, -0.25) is 14.3 Å². The molecule has 1 N–H and O–H groups in total. The first-order chi connectivity index (χ1) is 15.4. The van der Waals surface area contributed by atoms with Gasteiger partial charge in [-0.15, -0.1) is 0 Å². The molecule has 0 aliphatic rings. The molecule has 1 unspecified atom stereocenters. The Kier molecular flexibility index (Phi) is 4.89. The first kappa shape index (κ1) is 20.2. The van der Waals surface area contributed by atoms with Crippen LogP contribution in [0, 0.1) is 6.92 Å². The van der Waals surface area contributed by atoms with Crippen molar-refractivity contribution < 1.29 is 9.59 Å². The maximum atomic E-state index is 13.1. The van der Waals surface area contributed by atoms with Crippen LogP contribution in [0.2, 0.25) is 0 Å². The van der Waals surface area contributed by atoms with E-state index in [1.807, 2.05) is 39.1 Å². The predicted octanol–water partition coefficient (Wildman–Crippen LogP) is 5.47. The summed E-state index contributed by atoms with van der Waals surface area (Å²) in [5.74, 6) is -0.143. The van der Waals surface area contributed by atoms with Gasteiger partial charge in [0.15, 0.2) is 5.78 Å². The molecule has 32 heavy (non-hydrogen) atoms. The largest absolute Gasteiger partial charge is 0.349 e. The third kappa shape index (κ3) is 3.30. The third-order valence-corrected chi connectivity index (χ3v) is 6.53. The molecule has 160 valence electrons. The minimum atomic E-state index is -0.152. The molecule has 0 aliphatic carbocycles. The van der Waals surface area contributed by atoms with Gasteiger partial charge in [-0.2, -0.15) is 5.10 Å². The number of hydrogen-bond acceptors (Lipinski definition) is 3. The zero-order valence-corrected chi connectivity index (χ0v) is 18.5. The Labute approximate surface area is 186 Å². The molecule has 5 heteroatoms. The Morgan fingerprint density at radius 1 is 0.938 bits per heavy atom. The van der Waals surface area contributed by atoms with Crippen molar-refractivity contribution in [3.8, 4) is 0 Å². The van der Waals surface area contributed by atoms with Gasteiger partial charge in [-0.05, 0) is 46.2 Å². The average molecular weight is 424 g/mol. The van der Waals surface area contributed by atoms with Gasteiger partial charge in [0.05, 0.1) is 12.2 Å². The van der Waals surface area contributed by atoms with Crippen molar-refractivity contribution in [3.05, 3.63) is 77.6 Å². The van der Waals surface area contributed by atoms with Gasteiger partial charge in [0.2, 0.25) is 5.91 Å². The number of carbonyl (C=O) groups excluding carboxylic acids is 2. The van der Waals surface area contributed by atoms with Crippen LogP contribution in [0.15, 0.2) is 60.8 Å². The molecule has 1 heterocycles. The van der Waals surface area contributed by atoms with Crippen molar-refractivity contribution >= 4 is 44.0 Å². The Morgan fingerprint density at radius 2 is 1.59 bits per heavy atom. The van der Waals surface area contributed by atoms with Crippen LogP contribution in [0.1, 0.15) is 47.4 Å². The first-order valence-corrected chi connectivity index (χ1v) is 10.9. The zero-order valence-electron chi connectivity index (χ0n) is 18.5. The monoisotopic (exact) mass is 423 g/mol. The fraction of sp³-hybridized carbons (Fsp3) is 0.222. The number of carbonyl (C=O) groups is 2. The van der Waals surface area contributed by atoms with Crippen LogP contribution in [-0.4, -0.2) is 21.5 Å². The van der Waals surface area contributed by atoms with Crippen molar-refractivity contribution in [3.63, 3.8) is 0 Å².